The first kappa shape index (κ1) is 14.0. The number of carbonyl (C=O) groups is 2. The van der Waals surface area contributed by atoms with E-state index in [1.807, 2.05) is 0 Å². The molecule has 2 atom stereocenters. The largest absolute Gasteiger partial charge is 0.481 e. The number of H-pyrrole nitrogens is 1. The number of carboxylic acids is 1. The predicted octanol–water partition coefficient (Wildman–Crippen LogP) is 0.0945. The van der Waals surface area contributed by atoms with Crippen molar-refractivity contribution in [3.05, 3.63) is 27.9 Å². The molecule has 0 radical (unpaired) electrons. The molecule has 2 heterocycles. The van der Waals surface area contributed by atoms with Crippen molar-refractivity contribution in [2.75, 3.05) is 20.3 Å². The Morgan fingerprint density at radius 2 is 2.20 bits per heavy atom. The number of rotatable bonds is 4. The molecule has 0 aliphatic carbocycles. The minimum absolute atomic E-state index is 0.0373. The highest BCUT2D eigenvalue weighted by molar-refractivity contribution is 5.93. The molecule has 1 aliphatic heterocycles. The van der Waals surface area contributed by atoms with E-state index in [0.29, 0.717) is 0 Å². The number of nitrogens with one attached hydrogen (secondary N) is 1. The van der Waals surface area contributed by atoms with Crippen LogP contribution in [-0.2, 0) is 9.53 Å². The summed E-state index contributed by atoms with van der Waals surface area (Å²) in [6.07, 6.45) is 0. The van der Waals surface area contributed by atoms with E-state index in [4.69, 9.17) is 9.84 Å². The van der Waals surface area contributed by atoms with Crippen molar-refractivity contribution in [2.24, 2.45) is 5.92 Å². The highest BCUT2D eigenvalue weighted by Crippen LogP contribution is 2.21. The maximum absolute atomic E-state index is 12.2. The van der Waals surface area contributed by atoms with Gasteiger partial charge in [-0.3, -0.25) is 9.59 Å². The van der Waals surface area contributed by atoms with E-state index in [9.17, 15) is 19.7 Å². The van der Waals surface area contributed by atoms with Crippen LogP contribution >= 0.6 is 0 Å². The van der Waals surface area contributed by atoms with E-state index >= 15 is 0 Å². The lowest BCUT2D eigenvalue weighted by molar-refractivity contribution is -0.389. The van der Waals surface area contributed by atoms with Crippen LogP contribution in [0.2, 0.25) is 0 Å². The normalized spacial score (nSPS) is 21.6. The Morgan fingerprint density at radius 1 is 1.50 bits per heavy atom. The second-order valence-corrected chi connectivity index (χ2v) is 4.48. The van der Waals surface area contributed by atoms with Crippen molar-refractivity contribution in [2.45, 2.75) is 6.04 Å². The molecule has 1 aromatic heterocycles. The number of carbonyl (C=O) groups excluding carboxylic acids is 1. The zero-order chi connectivity index (χ0) is 14.9. The SMILES string of the molecule is CN(C(=O)c1ccc([N+](=O)[O-])[nH]1)C1COCC1C(=O)O. The number of aromatic nitrogens is 1. The average molecular weight is 283 g/mol. The van der Waals surface area contributed by atoms with Crippen LogP contribution in [0.3, 0.4) is 0 Å². The second kappa shape index (κ2) is 5.29. The molecule has 0 saturated carbocycles. The van der Waals surface area contributed by atoms with Gasteiger partial charge in [0.05, 0.1) is 19.3 Å². The van der Waals surface area contributed by atoms with Gasteiger partial charge in [-0.15, -0.1) is 0 Å². The molecule has 1 aromatic rings. The molecule has 9 nitrogen and oxygen atoms in total. The number of likely N-dealkylation sites (N-methyl/N-ethyl adjacent to an activating group) is 1. The number of aromatic amines is 1. The van der Waals surface area contributed by atoms with Crippen LogP contribution in [-0.4, -0.2) is 58.1 Å². The van der Waals surface area contributed by atoms with Gasteiger partial charge in [0, 0.05) is 13.1 Å². The molecule has 1 aliphatic rings. The summed E-state index contributed by atoms with van der Waals surface area (Å²) in [6, 6.07) is 1.88. The van der Waals surface area contributed by atoms with Crippen molar-refractivity contribution >= 4 is 17.7 Å². The summed E-state index contributed by atoms with van der Waals surface area (Å²) in [4.78, 5) is 36.7. The van der Waals surface area contributed by atoms with E-state index in [1.165, 1.54) is 24.1 Å². The standard InChI is InChI=1S/C11H13N3O6/c1-13(8-5-20-4-6(8)11(16)17)10(15)7-2-3-9(12-7)14(18)19/h2-3,6,8,12H,4-5H2,1H3,(H,16,17). The third-order valence-electron chi connectivity index (χ3n) is 3.28. The summed E-state index contributed by atoms with van der Waals surface area (Å²) in [5.41, 5.74) is 0.0373. The van der Waals surface area contributed by atoms with Gasteiger partial charge in [0.25, 0.3) is 5.91 Å². The number of nitro groups is 1. The molecule has 108 valence electrons. The number of hydrogen-bond acceptors (Lipinski definition) is 5. The van der Waals surface area contributed by atoms with Crippen molar-refractivity contribution in [1.82, 2.24) is 9.88 Å². The van der Waals surface area contributed by atoms with Crippen LogP contribution in [0, 0.1) is 16.0 Å². The fourth-order valence-corrected chi connectivity index (χ4v) is 2.12. The maximum Gasteiger partial charge on any atom is 0.321 e. The first-order valence-electron chi connectivity index (χ1n) is 5.83. The van der Waals surface area contributed by atoms with Gasteiger partial charge in [-0.2, -0.15) is 0 Å². The summed E-state index contributed by atoms with van der Waals surface area (Å²) < 4.78 is 5.09. The predicted molar refractivity (Wildman–Crippen MR) is 65.3 cm³/mol. The van der Waals surface area contributed by atoms with E-state index in [2.05, 4.69) is 4.98 Å². The molecule has 20 heavy (non-hydrogen) atoms. The Morgan fingerprint density at radius 3 is 2.75 bits per heavy atom. The number of nitrogens with zero attached hydrogens (tertiary/aromatic N) is 2. The summed E-state index contributed by atoms with van der Waals surface area (Å²) in [5.74, 6) is -2.64. The molecule has 0 spiro atoms. The Bertz CT molecular complexity index is 554. The highest BCUT2D eigenvalue weighted by atomic mass is 16.6. The Balaban J connectivity index is 2.15. The average Bonchev–Trinajstić information content (AvgIpc) is 3.05. The molecule has 0 bridgehead atoms. The molecule has 0 aromatic carbocycles. The summed E-state index contributed by atoms with van der Waals surface area (Å²) in [5, 5.41) is 19.6. The van der Waals surface area contributed by atoms with Crippen LogP contribution in [0.1, 0.15) is 10.5 Å². The van der Waals surface area contributed by atoms with Gasteiger partial charge in [-0.25, -0.2) is 4.98 Å². The van der Waals surface area contributed by atoms with Crippen molar-refractivity contribution in [1.29, 1.82) is 0 Å². The number of ether oxygens (including phenoxy) is 1. The molecule has 2 N–H and O–H groups in total. The quantitative estimate of drug-likeness (QED) is 0.596. The lowest BCUT2D eigenvalue weighted by atomic mass is 10.0. The first-order valence-corrected chi connectivity index (χ1v) is 5.83. The zero-order valence-corrected chi connectivity index (χ0v) is 10.6. The molecule has 1 amide bonds. The summed E-state index contributed by atoms with van der Waals surface area (Å²) in [7, 11) is 1.45. The monoisotopic (exact) mass is 283 g/mol. The molecular weight excluding hydrogens is 270 g/mol. The number of aliphatic carboxylic acids is 1. The van der Waals surface area contributed by atoms with Crippen LogP contribution in [0.5, 0.6) is 0 Å². The van der Waals surface area contributed by atoms with E-state index in [0.717, 1.165) is 0 Å². The molecule has 1 fully saturated rings. The number of carboxylic acid groups (broad SMARTS) is 1. The topological polar surface area (TPSA) is 126 Å². The maximum atomic E-state index is 12.2. The van der Waals surface area contributed by atoms with Crippen LogP contribution in [0.15, 0.2) is 12.1 Å². The van der Waals surface area contributed by atoms with Gasteiger partial charge < -0.3 is 24.9 Å². The van der Waals surface area contributed by atoms with E-state index < -0.39 is 28.8 Å². The minimum Gasteiger partial charge on any atom is -0.481 e. The number of amides is 1. The van der Waals surface area contributed by atoms with Crippen LogP contribution in [0.4, 0.5) is 5.82 Å². The molecular formula is C11H13N3O6. The van der Waals surface area contributed by atoms with Crippen molar-refractivity contribution < 1.29 is 24.4 Å². The smallest absolute Gasteiger partial charge is 0.321 e. The molecule has 9 heteroatoms. The first-order chi connectivity index (χ1) is 9.41. The lowest BCUT2D eigenvalue weighted by Crippen LogP contribution is -2.44. The van der Waals surface area contributed by atoms with Crippen LogP contribution < -0.4 is 0 Å². The van der Waals surface area contributed by atoms with Gasteiger partial charge in [-0.05, 0) is 11.0 Å². The Hall–Kier alpha value is -2.42. The highest BCUT2D eigenvalue weighted by Gasteiger charge is 2.39. The summed E-state index contributed by atoms with van der Waals surface area (Å²) >= 11 is 0. The lowest BCUT2D eigenvalue weighted by Gasteiger charge is -2.25. The van der Waals surface area contributed by atoms with Gasteiger partial charge in [0.2, 0.25) is 0 Å². The fraction of sp³-hybridized carbons (Fsp3) is 0.455. The van der Waals surface area contributed by atoms with Gasteiger partial charge >= 0.3 is 11.8 Å². The zero-order valence-electron chi connectivity index (χ0n) is 10.6. The minimum atomic E-state index is -1.04. The second-order valence-electron chi connectivity index (χ2n) is 4.48. The van der Waals surface area contributed by atoms with Crippen molar-refractivity contribution in [3.8, 4) is 0 Å². The van der Waals surface area contributed by atoms with Gasteiger partial charge in [0.15, 0.2) is 5.69 Å². The molecule has 2 rings (SSSR count). The van der Waals surface area contributed by atoms with Crippen LogP contribution in [0.25, 0.3) is 0 Å². The molecule has 2 unspecified atom stereocenters. The van der Waals surface area contributed by atoms with Gasteiger partial charge in [0.1, 0.15) is 5.92 Å². The van der Waals surface area contributed by atoms with E-state index in [1.54, 1.807) is 0 Å². The molecule has 1 saturated heterocycles. The Labute approximate surface area is 113 Å². The third-order valence-corrected chi connectivity index (χ3v) is 3.28. The Kier molecular flexibility index (Phi) is 3.70. The summed E-state index contributed by atoms with van der Waals surface area (Å²) in [6.45, 7) is 0.171. The van der Waals surface area contributed by atoms with Crippen molar-refractivity contribution in [3.63, 3.8) is 0 Å². The van der Waals surface area contributed by atoms with E-state index in [-0.39, 0.29) is 24.7 Å². The fourth-order valence-electron chi connectivity index (χ4n) is 2.12. The number of hydrogen-bond donors (Lipinski definition) is 2. The third kappa shape index (κ3) is 2.48. The van der Waals surface area contributed by atoms with Gasteiger partial charge in [-0.1, -0.05) is 0 Å².